The van der Waals surface area contributed by atoms with Gasteiger partial charge in [-0.1, -0.05) is 88.6 Å². The second-order valence-corrected chi connectivity index (χ2v) is 14.9. The van der Waals surface area contributed by atoms with Crippen LogP contribution in [0.3, 0.4) is 0 Å². The van der Waals surface area contributed by atoms with Gasteiger partial charge >= 0.3 is 17.4 Å². The van der Waals surface area contributed by atoms with Gasteiger partial charge in [0.25, 0.3) is 6.10 Å². The van der Waals surface area contributed by atoms with E-state index in [0.29, 0.717) is 12.8 Å². The molecule has 0 aliphatic heterocycles. The van der Waals surface area contributed by atoms with E-state index < -0.39 is 39.5 Å². The van der Waals surface area contributed by atoms with E-state index in [9.17, 15) is 39.7 Å². The van der Waals surface area contributed by atoms with Gasteiger partial charge in [-0.2, -0.15) is 22.0 Å². The standard InChI is InChI=1S/C22H23S.C10H13F5O5S/c1-22(2,3)18-14-16-21(17-15-18)23(19-10-6-4-7-11-19)20-12-8-5-9-13-20;11-9(12,13)8(10(14,15)21(17,18)19)20-7(16)6-4-2-1-3-5-6/h4-17H,1-3H3;6,8H,1-5H2,(H,17,18,19)/q+1;/p-1. The highest BCUT2D eigenvalue weighted by atomic mass is 32.2. The van der Waals surface area contributed by atoms with Gasteiger partial charge in [-0.15, -0.1) is 0 Å². The Morgan fingerprint density at radius 3 is 1.59 bits per heavy atom. The minimum atomic E-state index is -6.64. The third-order valence-corrected chi connectivity index (χ3v) is 10.1. The Kier molecular flexibility index (Phi) is 11.6. The Balaban J connectivity index is 0.000000242. The monoisotopic (exact) mass is 658 g/mol. The minimum absolute atomic E-state index is 0.0497. The van der Waals surface area contributed by atoms with E-state index in [4.69, 9.17) is 0 Å². The third-order valence-electron chi connectivity index (χ3n) is 7.02. The molecule has 0 radical (unpaired) electrons. The predicted molar refractivity (Wildman–Crippen MR) is 157 cm³/mol. The molecule has 1 fully saturated rings. The average Bonchev–Trinajstić information content (AvgIpc) is 2.96. The fourth-order valence-corrected chi connectivity index (χ4v) is 7.15. The third kappa shape index (κ3) is 9.28. The van der Waals surface area contributed by atoms with Crippen LogP contribution in [0.15, 0.2) is 99.6 Å². The van der Waals surface area contributed by atoms with Crippen LogP contribution >= 0.6 is 0 Å². The number of rotatable bonds is 7. The summed E-state index contributed by atoms with van der Waals surface area (Å²) in [7, 11) is -6.69. The van der Waals surface area contributed by atoms with E-state index in [0.717, 1.165) is 6.42 Å². The lowest BCUT2D eigenvalue weighted by molar-refractivity contribution is -0.261. The summed E-state index contributed by atoms with van der Waals surface area (Å²) < 4.78 is 98.3. The van der Waals surface area contributed by atoms with Crippen molar-refractivity contribution in [2.24, 2.45) is 5.92 Å². The summed E-state index contributed by atoms with van der Waals surface area (Å²) in [5, 5.41) is -5.78. The second kappa shape index (κ2) is 14.4. The lowest BCUT2D eigenvalue weighted by atomic mass is 9.87. The van der Waals surface area contributed by atoms with Crippen LogP contribution in [0.4, 0.5) is 22.0 Å². The first-order chi connectivity index (χ1) is 20.4. The van der Waals surface area contributed by atoms with Crippen molar-refractivity contribution in [3.05, 3.63) is 90.5 Å². The van der Waals surface area contributed by atoms with E-state index in [1.807, 2.05) is 0 Å². The molecule has 0 amide bonds. The lowest BCUT2D eigenvalue weighted by Gasteiger charge is -2.31. The molecule has 240 valence electrons. The van der Waals surface area contributed by atoms with Crippen LogP contribution in [0.25, 0.3) is 0 Å². The molecule has 1 unspecified atom stereocenters. The molecule has 0 N–H and O–H groups in total. The highest BCUT2D eigenvalue weighted by molar-refractivity contribution is 7.97. The summed E-state index contributed by atoms with van der Waals surface area (Å²) >= 11 is 0. The number of halogens is 5. The molecule has 3 aromatic rings. The smallest absolute Gasteiger partial charge is 0.432 e. The summed E-state index contributed by atoms with van der Waals surface area (Å²) in [5.74, 6) is -2.57. The zero-order valence-corrected chi connectivity index (χ0v) is 26.2. The van der Waals surface area contributed by atoms with Gasteiger partial charge < -0.3 is 9.29 Å². The number of benzene rings is 3. The molecular formula is C32H35F5O5S2. The Bertz CT molecular complexity index is 1410. The van der Waals surface area contributed by atoms with Crippen LogP contribution < -0.4 is 0 Å². The van der Waals surface area contributed by atoms with Gasteiger partial charge in [0.2, 0.25) is 0 Å². The highest BCUT2D eigenvalue weighted by Crippen LogP contribution is 2.39. The van der Waals surface area contributed by atoms with Crippen LogP contribution in [0.1, 0.15) is 58.4 Å². The maximum atomic E-state index is 13.1. The quantitative estimate of drug-likeness (QED) is 0.111. The molecule has 0 heterocycles. The van der Waals surface area contributed by atoms with Crippen molar-refractivity contribution in [1.29, 1.82) is 0 Å². The molecule has 0 spiro atoms. The minimum Gasteiger partial charge on any atom is -0.743 e. The second-order valence-electron chi connectivity index (χ2n) is 11.4. The van der Waals surface area contributed by atoms with Crippen LogP contribution in [-0.4, -0.2) is 36.5 Å². The van der Waals surface area contributed by atoms with E-state index >= 15 is 0 Å². The molecule has 1 aliphatic carbocycles. The summed E-state index contributed by atoms with van der Waals surface area (Å²) in [6.07, 6.45) is -8.07. The van der Waals surface area contributed by atoms with E-state index in [1.54, 1.807) is 0 Å². The fourth-order valence-electron chi connectivity index (χ4n) is 4.62. The van der Waals surface area contributed by atoms with Gasteiger partial charge in [0, 0.05) is 0 Å². The predicted octanol–water partition coefficient (Wildman–Crippen LogP) is 8.26. The first-order valence-corrected chi connectivity index (χ1v) is 16.6. The molecule has 12 heteroatoms. The summed E-state index contributed by atoms with van der Waals surface area (Å²) in [5.41, 5.74) is 1.57. The summed E-state index contributed by atoms with van der Waals surface area (Å²) in [6, 6.07) is 30.7. The van der Waals surface area contributed by atoms with Crippen molar-refractivity contribution < 1.29 is 44.5 Å². The Labute approximate surface area is 257 Å². The van der Waals surface area contributed by atoms with E-state index in [-0.39, 0.29) is 29.2 Å². The summed E-state index contributed by atoms with van der Waals surface area (Å²) in [4.78, 5) is 15.6. The van der Waals surface area contributed by atoms with Gasteiger partial charge in [-0.25, -0.2) is 8.42 Å². The SMILES string of the molecule is CC(C)(C)c1ccc([S+](c2ccccc2)c2ccccc2)cc1.O=C(OC(C(F)(F)F)C(F)(F)S(=O)(=O)[O-])C1CCCCC1. The van der Waals surface area contributed by atoms with Crippen molar-refractivity contribution in [1.82, 2.24) is 0 Å². The fraction of sp³-hybridized carbons (Fsp3) is 0.406. The molecule has 0 aromatic heterocycles. The number of ether oxygens (including phenoxy) is 1. The maximum Gasteiger partial charge on any atom is 0.432 e. The van der Waals surface area contributed by atoms with Gasteiger partial charge in [0.05, 0.1) is 16.8 Å². The molecule has 0 saturated heterocycles. The molecule has 3 aromatic carbocycles. The molecule has 1 atom stereocenters. The molecule has 1 aliphatic rings. The number of carbonyl (C=O) groups is 1. The first kappa shape index (κ1) is 35.5. The maximum absolute atomic E-state index is 13.1. The van der Waals surface area contributed by atoms with Crippen LogP contribution in [0.5, 0.6) is 0 Å². The van der Waals surface area contributed by atoms with Crippen molar-refractivity contribution >= 4 is 27.0 Å². The lowest BCUT2D eigenvalue weighted by Crippen LogP contribution is -2.52. The Morgan fingerprint density at radius 1 is 0.773 bits per heavy atom. The van der Waals surface area contributed by atoms with Gasteiger partial charge in [0.15, 0.2) is 24.8 Å². The van der Waals surface area contributed by atoms with Crippen molar-refractivity contribution in [3.8, 4) is 0 Å². The van der Waals surface area contributed by atoms with E-state index in [1.165, 1.54) is 20.2 Å². The number of hydrogen-bond acceptors (Lipinski definition) is 5. The van der Waals surface area contributed by atoms with Crippen molar-refractivity contribution in [2.45, 2.75) is 90.5 Å². The number of esters is 1. The Morgan fingerprint density at radius 2 is 1.20 bits per heavy atom. The highest BCUT2D eigenvalue weighted by Gasteiger charge is 2.63. The zero-order chi connectivity index (χ0) is 32.8. The van der Waals surface area contributed by atoms with Crippen molar-refractivity contribution in [3.63, 3.8) is 0 Å². The Hall–Kier alpha value is -2.96. The average molecular weight is 659 g/mol. The molecule has 0 bridgehead atoms. The number of alkyl halides is 5. The molecule has 4 rings (SSSR count). The zero-order valence-electron chi connectivity index (χ0n) is 24.5. The van der Waals surface area contributed by atoms with Crippen LogP contribution in [0, 0.1) is 5.92 Å². The molecular weight excluding hydrogens is 623 g/mol. The normalized spacial score (nSPS) is 15.7. The topological polar surface area (TPSA) is 83.5 Å². The van der Waals surface area contributed by atoms with Crippen LogP contribution in [-0.2, 0) is 36.0 Å². The van der Waals surface area contributed by atoms with Gasteiger partial charge in [0.1, 0.15) is 0 Å². The van der Waals surface area contributed by atoms with E-state index in [2.05, 4.69) is 110 Å². The molecule has 44 heavy (non-hydrogen) atoms. The van der Waals surface area contributed by atoms with Gasteiger partial charge in [-0.3, -0.25) is 4.79 Å². The number of hydrogen-bond donors (Lipinski definition) is 0. The number of carbonyl (C=O) groups excluding carboxylic acids is 1. The largest absolute Gasteiger partial charge is 0.743 e. The van der Waals surface area contributed by atoms with Gasteiger partial charge in [-0.05, 0) is 60.2 Å². The summed E-state index contributed by atoms with van der Waals surface area (Å²) in [6.45, 7) is 6.78. The molecule has 1 saturated carbocycles. The van der Waals surface area contributed by atoms with Crippen molar-refractivity contribution in [2.75, 3.05) is 0 Å². The first-order valence-electron chi connectivity index (χ1n) is 14.0. The van der Waals surface area contributed by atoms with Crippen LogP contribution in [0.2, 0.25) is 0 Å². The molecule has 5 nitrogen and oxygen atoms in total.